The molecule has 4 N–H and O–H groups in total. The zero-order valence-corrected chi connectivity index (χ0v) is 13.5. The molecule has 0 aliphatic carbocycles. The fourth-order valence-corrected chi connectivity index (χ4v) is 2.58. The first-order chi connectivity index (χ1) is 11.5. The Hall–Kier alpha value is -2.83. The van der Waals surface area contributed by atoms with Gasteiger partial charge < -0.3 is 21.3 Å². The number of likely N-dealkylation sites (tertiary alicyclic amines) is 1. The van der Waals surface area contributed by atoms with Crippen molar-refractivity contribution in [2.75, 3.05) is 18.4 Å². The van der Waals surface area contributed by atoms with E-state index >= 15 is 0 Å². The van der Waals surface area contributed by atoms with Crippen molar-refractivity contribution >= 4 is 23.5 Å². The molecular weight excluding hydrogens is 308 g/mol. The molecule has 7 heteroatoms. The Bertz CT molecular complexity index is 627. The summed E-state index contributed by atoms with van der Waals surface area (Å²) in [4.78, 5) is 35.8. The van der Waals surface area contributed by atoms with E-state index in [1.165, 1.54) is 11.0 Å². The number of nitrogens with zero attached hydrogens (tertiary/aromatic N) is 1. The van der Waals surface area contributed by atoms with Gasteiger partial charge in [0.1, 0.15) is 0 Å². The summed E-state index contributed by atoms with van der Waals surface area (Å²) in [6.07, 6.45) is 2.91. The molecule has 1 saturated heterocycles. The second kappa shape index (κ2) is 8.14. The summed E-state index contributed by atoms with van der Waals surface area (Å²) in [5.74, 6) is -0.306. The quantitative estimate of drug-likeness (QED) is 0.678. The molecule has 0 bridgehead atoms. The predicted octanol–water partition coefficient (Wildman–Crippen LogP) is 1.01. The number of hydrogen-bond acceptors (Lipinski definition) is 3. The van der Waals surface area contributed by atoms with Crippen LogP contribution < -0.4 is 16.4 Å². The first-order valence-corrected chi connectivity index (χ1v) is 7.84. The summed E-state index contributed by atoms with van der Waals surface area (Å²) in [7, 11) is 0. The minimum absolute atomic E-state index is 0.0264. The number of hydrogen-bond donors (Lipinski definition) is 3. The molecule has 128 valence electrons. The van der Waals surface area contributed by atoms with Crippen LogP contribution in [-0.2, 0) is 16.0 Å². The van der Waals surface area contributed by atoms with Crippen molar-refractivity contribution in [2.45, 2.75) is 25.3 Å². The van der Waals surface area contributed by atoms with Crippen LogP contribution in [0.4, 0.5) is 10.5 Å². The largest absolute Gasteiger partial charge is 0.352 e. The molecular formula is C17H22N4O3. The standard InChI is InChI=1S/C17H22N4O3/c1-2-15(22)19-13-6-3-12(4-7-13)5-8-16(23)20-14-9-10-21(11-14)17(18)24/h2-4,6-7,14H,1,5,8-11H2,(H2,18,24)(H,19,22)(H,20,23). The third kappa shape index (κ3) is 5.12. The number of amides is 4. The molecule has 1 unspecified atom stereocenters. The number of primary amides is 1. The highest BCUT2D eigenvalue weighted by atomic mass is 16.2. The maximum atomic E-state index is 12.0. The third-order valence-corrected chi connectivity index (χ3v) is 3.91. The van der Waals surface area contributed by atoms with Crippen LogP contribution in [0.15, 0.2) is 36.9 Å². The minimum atomic E-state index is -0.449. The molecule has 1 heterocycles. The van der Waals surface area contributed by atoms with Gasteiger partial charge in [-0.05, 0) is 36.6 Å². The Morgan fingerprint density at radius 2 is 2.00 bits per heavy atom. The molecule has 1 atom stereocenters. The first kappa shape index (κ1) is 17.5. The topological polar surface area (TPSA) is 105 Å². The van der Waals surface area contributed by atoms with Crippen LogP contribution in [0.25, 0.3) is 0 Å². The lowest BCUT2D eigenvalue weighted by Gasteiger charge is -2.14. The van der Waals surface area contributed by atoms with E-state index in [-0.39, 0.29) is 17.9 Å². The average Bonchev–Trinajstić information content (AvgIpc) is 3.03. The van der Waals surface area contributed by atoms with Crippen LogP contribution in [0.5, 0.6) is 0 Å². The Morgan fingerprint density at radius 3 is 2.58 bits per heavy atom. The molecule has 1 aliphatic heterocycles. The molecule has 0 aromatic heterocycles. The molecule has 0 saturated carbocycles. The second-order valence-corrected chi connectivity index (χ2v) is 5.73. The van der Waals surface area contributed by atoms with Crippen LogP contribution >= 0.6 is 0 Å². The number of benzene rings is 1. The summed E-state index contributed by atoms with van der Waals surface area (Å²) in [5, 5.41) is 5.59. The van der Waals surface area contributed by atoms with Gasteiger partial charge in [-0.25, -0.2) is 4.79 Å². The number of carbonyl (C=O) groups excluding carboxylic acids is 3. The number of nitrogens with one attached hydrogen (secondary N) is 2. The van der Waals surface area contributed by atoms with Crippen molar-refractivity contribution in [1.29, 1.82) is 0 Å². The number of carbonyl (C=O) groups is 3. The van der Waals surface area contributed by atoms with Gasteiger partial charge in [-0.1, -0.05) is 18.7 Å². The lowest BCUT2D eigenvalue weighted by molar-refractivity contribution is -0.121. The van der Waals surface area contributed by atoms with Crippen molar-refractivity contribution in [3.8, 4) is 0 Å². The van der Waals surface area contributed by atoms with Crippen molar-refractivity contribution in [3.63, 3.8) is 0 Å². The maximum absolute atomic E-state index is 12.0. The number of anilines is 1. The average molecular weight is 330 g/mol. The summed E-state index contributed by atoms with van der Waals surface area (Å²) >= 11 is 0. The Morgan fingerprint density at radius 1 is 1.29 bits per heavy atom. The van der Waals surface area contributed by atoms with Crippen molar-refractivity contribution < 1.29 is 14.4 Å². The van der Waals surface area contributed by atoms with Crippen molar-refractivity contribution in [2.24, 2.45) is 5.73 Å². The zero-order chi connectivity index (χ0) is 17.5. The highest BCUT2D eigenvalue weighted by Gasteiger charge is 2.25. The first-order valence-electron chi connectivity index (χ1n) is 7.84. The summed E-state index contributed by atoms with van der Waals surface area (Å²) in [6, 6.07) is 6.84. The van der Waals surface area contributed by atoms with E-state index in [0.29, 0.717) is 31.6 Å². The normalized spacial score (nSPS) is 16.5. The van der Waals surface area contributed by atoms with E-state index in [0.717, 1.165) is 12.0 Å². The second-order valence-electron chi connectivity index (χ2n) is 5.73. The van der Waals surface area contributed by atoms with E-state index < -0.39 is 6.03 Å². The molecule has 4 amide bonds. The van der Waals surface area contributed by atoms with Gasteiger partial charge in [0.15, 0.2) is 0 Å². The van der Waals surface area contributed by atoms with E-state index in [4.69, 9.17) is 5.73 Å². The predicted molar refractivity (Wildman–Crippen MR) is 91.3 cm³/mol. The summed E-state index contributed by atoms with van der Waals surface area (Å²) < 4.78 is 0. The van der Waals surface area contributed by atoms with E-state index in [1.807, 2.05) is 12.1 Å². The van der Waals surface area contributed by atoms with Crippen LogP contribution in [0.2, 0.25) is 0 Å². The Balaban J connectivity index is 1.74. The summed E-state index contributed by atoms with van der Waals surface area (Å²) in [5.41, 5.74) is 6.91. The molecule has 24 heavy (non-hydrogen) atoms. The smallest absolute Gasteiger partial charge is 0.314 e. The lowest BCUT2D eigenvalue weighted by Crippen LogP contribution is -2.40. The van der Waals surface area contributed by atoms with Gasteiger partial charge in [-0.3, -0.25) is 9.59 Å². The number of aryl methyl sites for hydroxylation is 1. The maximum Gasteiger partial charge on any atom is 0.314 e. The van der Waals surface area contributed by atoms with Gasteiger partial charge in [-0.2, -0.15) is 0 Å². The monoisotopic (exact) mass is 330 g/mol. The van der Waals surface area contributed by atoms with Gasteiger partial charge in [0.25, 0.3) is 0 Å². The fraction of sp³-hybridized carbons (Fsp3) is 0.353. The third-order valence-electron chi connectivity index (χ3n) is 3.91. The minimum Gasteiger partial charge on any atom is -0.352 e. The molecule has 7 nitrogen and oxygen atoms in total. The Labute approximate surface area is 140 Å². The van der Waals surface area contributed by atoms with E-state index in [1.54, 1.807) is 12.1 Å². The number of rotatable bonds is 6. The van der Waals surface area contributed by atoms with Gasteiger partial charge >= 0.3 is 6.03 Å². The van der Waals surface area contributed by atoms with E-state index in [2.05, 4.69) is 17.2 Å². The highest BCUT2D eigenvalue weighted by Crippen LogP contribution is 2.12. The van der Waals surface area contributed by atoms with Gasteiger partial charge in [0.05, 0.1) is 0 Å². The lowest BCUT2D eigenvalue weighted by atomic mass is 10.1. The highest BCUT2D eigenvalue weighted by molar-refractivity contribution is 5.98. The van der Waals surface area contributed by atoms with Gasteiger partial charge in [0, 0.05) is 31.2 Å². The van der Waals surface area contributed by atoms with Crippen LogP contribution in [0.1, 0.15) is 18.4 Å². The van der Waals surface area contributed by atoms with Gasteiger partial charge in [0.2, 0.25) is 11.8 Å². The van der Waals surface area contributed by atoms with Crippen molar-refractivity contribution in [1.82, 2.24) is 10.2 Å². The molecule has 0 spiro atoms. The molecule has 1 aliphatic rings. The zero-order valence-electron chi connectivity index (χ0n) is 13.5. The van der Waals surface area contributed by atoms with Crippen LogP contribution in [0.3, 0.4) is 0 Å². The SMILES string of the molecule is C=CC(=O)Nc1ccc(CCC(=O)NC2CCN(C(N)=O)C2)cc1. The Kier molecular flexibility index (Phi) is 5.95. The molecule has 1 fully saturated rings. The number of nitrogens with two attached hydrogens (primary N) is 1. The fourth-order valence-electron chi connectivity index (χ4n) is 2.58. The molecule has 0 radical (unpaired) electrons. The van der Waals surface area contributed by atoms with Crippen LogP contribution in [-0.4, -0.2) is 41.9 Å². The van der Waals surface area contributed by atoms with Crippen LogP contribution in [0, 0.1) is 0 Å². The van der Waals surface area contributed by atoms with Crippen molar-refractivity contribution in [3.05, 3.63) is 42.5 Å². The molecule has 1 aromatic carbocycles. The van der Waals surface area contributed by atoms with Gasteiger partial charge in [-0.15, -0.1) is 0 Å². The summed E-state index contributed by atoms with van der Waals surface area (Å²) in [6.45, 7) is 4.45. The molecule has 1 aromatic rings. The number of urea groups is 1. The molecule has 2 rings (SSSR count). The van der Waals surface area contributed by atoms with E-state index in [9.17, 15) is 14.4 Å².